The second-order valence-electron chi connectivity index (χ2n) is 6.03. The van der Waals surface area contributed by atoms with Gasteiger partial charge in [0.1, 0.15) is 11.3 Å². The monoisotopic (exact) mass is 401 g/mol. The van der Waals surface area contributed by atoms with Crippen molar-refractivity contribution in [2.45, 2.75) is 19.8 Å². The number of amides is 2. The van der Waals surface area contributed by atoms with E-state index in [0.717, 1.165) is 10.9 Å². The van der Waals surface area contributed by atoms with E-state index in [1.165, 1.54) is 17.4 Å². The lowest BCUT2D eigenvalue weighted by atomic mass is 10.1. The van der Waals surface area contributed by atoms with E-state index in [1.807, 2.05) is 6.92 Å². The molecule has 0 saturated carbocycles. The molecular weight excluding hydrogens is 382 g/mol. The molecule has 0 spiro atoms. The van der Waals surface area contributed by atoms with Crippen molar-refractivity contribution < 1.29 is 18.7 Å². The molecule has 2 heterocycles. The average Bonchev–Trinajstić information content (AvgIpc) is 3.16. The van der Waals surface area contributed by atoms with Crippen LogP contribution >= 0.6 is 11.3 Å². The molecule has 0 aliphatic heterocycles. The van der Waals surface area contributed by atoms with Crippen LogP contribution in [-0.4, -0.2) is 29.9 Å². The second kappa shape index (κ2) is 9.14. The Hall–Kier alpha value is -3.20. The van der Waals surface area contributed by atoms with Crippen molar-refractivity contribution in [3.63, 3.8) is 0 Å². The molecule has 2 amide bonds. The van der Waals surface area contributed by atoms with Gasteiger partial charge < -0.3 is 19.8 Å². The van der Waals surface area contributed by atoms with Gasteiger partial charge in [-0.3, -0.25) is 9.59 Å². The smallest absolute Gasteiger partial charge is 0.336 e. The number of aryl methyl sites for hydroxylation is 1. The predicted molar refractivity (Wildman–Crippen MR) is 106 cm³/mol. The quantitative estimate of drug-likeness (QED) is 0.443. The van der Waals surface area contributed by atoms with Gasteiger partial charge in [0, 0.05) is 42.1 Å². The normalized spacial score (nSPS) is 10.6. The van der Waals surface area contributed by atoms with Crippen LogP contribution in [0, 0.1) is 6.92 Å². The first-order chi connectivity index (χ1) is 13.5. The van der Waals surface area contributed by atoms with Crippen LogP contribution in [0.2, 0.25) is 0 Å². The Morgan fingerprint density at radius 1 is 1.25 bits per heavy atom. The fraction of sp³-hybridized carbons (Fsp3) is 0.263. The maximum atomic E-state index is 11.9. The predicted octanol–water partition coefficient (Wildman–Crippen LogP) is 2.47. The lowest BCUT2D eigenvalue weighted by Crippen LogP contribution is -2.30. The van der Waals surface area contributed by atoms with Gasteiger partial charge in [0.25, 0.3) is 5.91 Å². The van der Waals surface area contributed by atoms with E-state index in [4.69, 9.17) is 9.15 Å². The number of carbonyl (C=O) groups is 2. The first-order valence-electron chi connectivity index (χ1n) is 8.64. The molecule has 0 unspecified atom stereocenters. The lowest BCUT2D eigenvalue weighted by Gasteiger charge is -2.08. The van der Waals surface area contributed by atoms with E-state index < -0.39 is 5.63 Å². The Kier molecular flexibility index (Phi) is 6.38. The summed E-state index contributed by atoms with van der Waals surface area (Å²) in [6, 6.07) is 6.50. The van der Waals surface area contributed by atoms with Crippen LogP contribution in [0.1, 0.15) is 18.4 Å². The summed E-state index contributed by atoms with van der Waals surface area (Å²) >= 11 is 1.35. The Labute approximate surface area is 164 Å². The van der Waals surface area contributed by atoms with Crippen molar-refractivity contribution in [3.8, 4) is 5.75 Å². The molecule has 3 rings (SSSR count). The minimum Gasteiger partial charge on any atom is -0.484 e. The number of carbonyl (C=O) groups excluding carboxylic acids is 2. The molecule has 28 heavy (non-hydrogen) atoms. The summed E-state index contributed by atoms with van der Waals surface area (Å²) in [6.07, 6.45) is 2.40. The Balaban J connectivity index is 1.40. The molecule has 0 atom stereocenters. The highest BCUT2D eigenvalue weighted by molar-refractivity contribution is 7.13. The molecule has 9 heteroatoms. The summed E-state index contributed by atoms with van der Waals surface area (Å²) in [5.41, 5.74) is 0.794. The lowest BCUT2D eigenvalue weighted by molar-refractivity contribution is -0.123. The third kappa shape index (κ3) is 5.40. The summed E-state index contributed by atoms with van der Waals surface area (Å²) in [6.45, 7) is 2.01. The summed E-state index contributed by atoms with van der Waals surface area (Å²) in [4.78, 5) is 39.0. The topological polar surface area (TPSA) is 111 Å². The van der Waals surface area contributed by atoms with E-state index in [9.17, 15) is 14.4 Å². The van der Waals surface area contributed by atoms with Crippen molar-refractivity contribution in [2.24, 2.45) is 0 Å². The third-order valence-corrected chi connectivity index (χ3v) is 4.56. The molecule has 2 N–H and O–H groups in total. The number of hydrogen-bond donors (Lipinski definition) is 2. The zero-order valence-electron chi connectivity index (χ0n) is 15.2. The number of nitrogens with zero attached hydrogens (tertiary/aromatic N) is 1. The first kappa shape index (κ1) is 19.6. The zero-order valence-corrected chi connectivity index (χ0v) is 16.0. The molecule has 8 nitrogen and oxygen atoms in total. The number of nitrogens with one attached hydrogen (secondary N) is 2. The second-order valence-corrected chi connectivity index (χ2v) is 6.93. The highest BCUT2D eigenvalue weighted by atomic mass is 32.1. The van der Waals surface area contributed by atoms with Crippen LogP contribution in [0.25, 0.3) is 11.0 Å². The van der Waals surface area contributed by atoms with Crippen LogP contribution in [-0.2, 0) is 9.59 Å². The molecule has 1 aromatic carbocycles. The van der Waals surface area contributed by atoms with Gasteiger partial charge >= 0.3 is 5.63 Å². The summed E-state index contributed by atoms with van der Waals surface area (Å²) < 4.78 is 10.6. The van der Waals surface area contributed by atoms with Gasteiger partial charge in [-0.2, -0.15) is 0 Å². The molecule has 146 valence electrons. The molecule has 0 fully saturated rings. The minimum atomic E-state index is -0.432. The molecule has 0 saturated heterocycles. The van der Waals surface area contributed by atoms with Crippen molar-refractivity contribution in [2.75, 3.05) is 18.5 Å². The van der Waals surface area contributed by atoms with Gasteiger partial charge in [-0.25, -0.2) is 9.78 Å². The van der Waals surface area contributed by atoms with Gasteiger partial charge in [-0.05, 0) is 31.0 Å². The van der Waals surface area contributed by atoms with Crippen LogP contribution in [0.5, 0.6) is 5.75 Å². The Morgan fingerprint density at radius 3 is 2.89 bits per heavy atom. The SMILES string of the molecule is Cc1cc(=O)oc2cc(OCC(=O)NCCCC(=O)Nc3nccs3)ccc12. The largest absolute Gasteiger partial charge is 0.484 e. The number of aromatic nitrogens is 1. The van der Waals surface area contributed by atoms with Gasteiger partial charge in [-0.15, -0.1) is 11.3 Å². The molecular formula is C19H19N3O5S. The molecule has 0 aliphatic rings. The Morgan fingerprint density at radius 2 is 2.11 bits per heavy atom. The molecule has 2 aromatic heterocycles. The van der Waals surface area contributed by atoms with Crippen LogP contribution in [0.15, 0.2) is 45.1 Å². The minimum absolute atomic E-state index is 0.145. The zero-order chi connectivity index (χ0) is 19.9. The number of ether oxygens (including phenoxy) is 1. The van der Waals surface area contributed by atoms with Crippen molar-refractivity contribution in [1.82, 2.24) is 10.3 Å². The summed E-state index contributed by atoms with van der Waals surface area (Å²) in [5.74, 6) is -0.0150. The molecule has 0 aliphatic carbocycles. The number of fused-ring (bicyclic) bond motifs is 1. The van der Waals surface area contributed by atoms with E-state index in [2.05, 4.69) is 15.6 Å². The number of hydrogen-bond acceptors (Lipinski definition) is 7. The molecule has 0 radical (unpaired) electrons. The van der Waals surface area contributed by atoms with Gasteiger partial charge in [-0.1, -0.05) is 0 Å². The van der Waals surface area contributed by atoms with E-state index in [1.54, 1.807) is 29.8 Å². The van der Waals surface area contributed by atoms with E-state index >= 15 is 0 Å². The number of thiazole rings is 1. The summed E-state index contributed by atoms with van der Waals surface area (Å²) in [5, 5.41) is 8.52. The van der Waals surface area contributed by atoms with Crippen molar-refractivity contribution in [3.05, 3.63) is 51.8 Å². The van der Waals surface area contributed by atoms with Gasteiger partial charge in [0.05, 0.1) is 0 Å². The van der Waals surface area contributed by atoms with Crippen LogP contribution < -0.4 is 21.0 Å². The van der Waals surface area contributed by atoms with E-state index in [-0.39, 0.29) is 24.8 Å². The van der Waals surface area contributed by atoms with Gasteiger partial charge in [0.15, 0.2) is 11.7 Å². The number of rotatable bonds is 8. The van der Waals surface area contributed by atoms with Crippen LogP contribution in [0.3, 0.4) is 0 Å². The van der Waals surface area contributed by atoms with E-state index in [0.29, 0.717) is 29.4 Å². The van der Waals surface area contributed by atoms with Crippen LogP contribution in [0.4, 0.5) is 5.13 Å². The molecule has 3 aromatic rings. The van der Waals surface area contributed by atoms with Crippen molar-refractivity contribution >= 4 is 39.3 Å². The number of benzene rings is 1. The highest BCUT2D eigenvalue weighted by Crippen LogP contribution is 2.22. The molecule has 0 bridgehead atoms. The van der Waals surface area contributed by atoms with Crippen molar-refractivity contribution in [1.29, 1.82) is 0 Å². The average molecular weight is 401 g/mol. The highest BCUT2D eigenvalue weighted by Gasteiger charge is 2.08. The fourth-order valence-electron chi connectivity index (χ4n) is 2.54. The first-order valence-corrected chi connectivity index (χ1v) is 9.52. The third-order valence-electron chi connectivity index (χ3n) is 3.87. The Bertz CT molecular complexity index is 1030. The number of anilines is 1. The fourth-order valence-corrected chi connectivity index (χ4v) is 3.08. The maximum Gasteiger partial charge on any atom is 0.336 e. The summed E-state index contributed by atoms with van der Waals surface area (Å²) in [7, 11) is 0. The maximum absolute atomic E-state index is 11.9. The van der Waals surface area contributed by atoms with Gasteiger partial charge in [0.2, 0.25) is 5.91 Å². The standard InChI is InChI=1S/C19H19N3O5S/c1-12-9-18(25)27-15-10-13(4-5-14(12)15)26-11-17(24)20-6-2-3-16(23)22-19-21-7-8-28-19/h4-5,7-10H,2-3,6,11H2,1H3,(H,20,24)(H,21,22,23).